The largest absolute Gasteiger partial charge is 0.487 e. The number of aromatic nitrogens is 2. The summed E-state index contributed by atoms with van der Waals surface area (Å²) in [5, 5.41) is 6.28. The molecule has 6 nitrogen and oxygen atoms in total. The Morgan fingerprint density at radius 3 is 2.58 bits per heavy atom. The number of nitrogens with one attached hydrogen (secondary N) is 2. The monoisotopic (exact) mass is 414 g/mol. The Kier molecular flexibility index (Phi) is 6.47. The number of carbonyl (C=O) groups excluding carboxylic acids is 1. The van der Waals surface area contributed by atoms with Gasteiger partial charge in [-0.05, 0) is 61.4 Å². The number of imidazole rings is 1. The van der Waals surface area contributed by atoms with Gasteiger partial charge in [0, 0.05) is 36.7 Å². The minimum Gasteiger partial charge on any atom is -0.487 e. The number of ether oxygens (including phenoxy) is 1. The van der Waals surface area contributed by atoms with Gasteiger partial charge in [-0.2, -0.15) is 0 Å². The fraction of sp³-hybridized carbons (Fsp3) is 0.200. The molecule has 0 unspecified atom stereocenters. The summed E-state index contributed by atoms with van der Waals surface area (Å²) in [5.41, 5.74) is 4.63. The van der Waals surface area contributed by atoms with Crippen LogP contribution in [0.5, 0.6) is 5.75 Å². The number of hydrogen-bond acceptors (Lipinski definition) is 4. The number of benzene rings is 2. The third-order valence-corrected chi connectivity index (χ3v) is 4.97. The van der Waals surface area contributed by atoms with Crippen LogP contribution in [0.4, 0.5) is 5.69 Å². The second-order valence-corrected chi connectivity index (χ2v) is 7.37. The van der Waals surface area contributed by atoms with Gasteiger partial charge < -0.3 is 19.8 Å². The average molecular weight is 415 g/mol. The third-order valence-electron chi connectivity index (χ3n) is 4.97. The number of amides is 1. The van der Waals surface area contributed by atoms with Gasteiger partial charge in [0.05, 0.1) is 5.69 Å². The van der Waals surface area contributed by atoms with Crippen molar-refractivity contribution in [2.45, 2.75) is 20.0 Å². The average Bonchev–Trinajstić information content (AvgIpc) is 3.23. The first-order chi connectivity index (χ1) is 15.2. The second-order valence-electron chi connectivity index (χ2n) is 7.37. The van der Waals surface area contributed by atoms with E-state index >= 15 is 0 Å². The second kappa shape index (κ2) is 9.80. The van der Waals surface area contributed by atoms with Gasteiger partial charge in [0.2, 0.25) is 0 Å². The number of fused-ring (bicyclic) bond motifs is 1. The van der Waals surface area contributed by atoms with Crippen molar-refractivity contribution in [2.24, 2.45) is 0 Å². The van der Waals surface area contributed by atoms with Gasteiger partial charge in [-0.25, -0.2) is 4.98 Å². The standard InChI is InChI=1S/C25H26N4O2/c1-19-7-5-16-29-17-22(28-24(19)29)18-31-23-12-10-20(11-13-23)25(30)27-15-6-14-26-21-8-3-2-4-9-21/h2-5,7-13,16-17,26H,6,14-15,18H2,1H3,(H,27,30). The molecule has 2 N–H and O–H groups in total. The lowest BCUT2D eigenvalue weighted by Crippen LogP contribution is -2.25. The van der Waals surface area contributed by atoms with E-state index in [0.29, 0.717) is 24.5 Å². The Hall–Kier alpha value is -3.80. The number of hydrogen-bond donors (Lipinski definition) is 2. The molecule has 2 heterocycles. The van der Waals surface area contributed by atoms with Gasteiger partial charge >= 0.3 is 0 Å². The molecule has 0 saturated heterocycles. The lowest BCUT2D eigenvalue weighted by molar-refractivity contribution is 0.0953. The number of nitrogens with zero attached hydrogens (tertiary/aromatic N) is 2. The van der Waals surface area contributed by atoms with Crippen LogP contribution in [0.25, 0.3) is 5.65 Å². The van der Waals surface area contributed by atoms with Crippen molar-refractivity contribution in [1.29, 1.82) is 0 Å². The molecule has 0 aliphatic carbocycles. The molecule has 31 heavy (non-hydrogen) atoms. The predicted octanol–water partition coefficient (Wildman–Crippen LogP) is 4.45. The first-order valence-corrected chi connectivity index (χ1v) is 10.4. The molecular weight excluding hydrogens is 388 g/mol. The van der Waals surface area contributed by atoms with Gasteiger partial charge in [-0.3, -0.25) is 4.79 Å². The van der Waals surface area contributed by atoms with Crippen molar-refractivity contribution in [3.05, 3.63) is 95.9 Å². The number of para-hydroxylation sites is 1. The van der Waals surface area contributed by atoms with Crippen LogP contribution in [0.1, 0.15) is 28.0 Å². The van der Waals surface area contributed by atoms with Crippen LogP contribution < -0.4 is 15.4 Å². The van der Waals surface area contributed by atoms with Crippen LogP contribution in [0.3, 0.4) is 0 Å². The van der Waals surface area contributed by atoms with Gasteiger partial charge in [-0.1, -0.05) is 24.3 Å². The van der Waals surface area contributed by atoms with Crippen molar-refractivity contribution in [1.82, 2.24) is 14.7 Å². The van der Waals surface area contributed by atoms with Crippen molar-refractivity contribution >= 4 is 17.2 Å². The van der Waals surface area contributed by atoms with E-state index < -0.39 is 0 Å². The third kappa shape index (κ3) is 5.42. The molecule has 2 aromatic carbocycles. The summed E-state index contributed by atoms with van der Waals surface area (Å²) in [5.74, 6) is 0.625. The first-order valence-electron chi connectivity index (χ1n) is 10.4. The Labute approximate surface area is 181 Å². The fourth-order valence-electron chi connectivity index (χ4n) is 3.31. The summed E-state index contributed by atoms with van der Waals surface area (Å²) in [7, 11) is 0. The minimum absolute atomic E-state index is 0.0814. The summed E-state index contributed by atoms with van der Waals surface area (Å²) < 4.78 is 7.83. The van der Waals surface area contributed by atoms with Crippen LogP contribution in [-0.4, -0.2) is 28.4 Å². The maximum Gasteiger partial charge on any atom is 0.251 e. The lowest BCUT2D eigenvalue weighted by Gasteiger charge is -2.08. The molecule has 4 rings (SSSR count). The zero-order chi connectivity index (χ0) is 21.5. The van der Waals surface area contributed by atoms with E-state index in [9.17, 15) is 4.79 Å². The quantitative estimate of drug-likeness (QED) is 0.397. The number of anilines is 1. The van der Waals surface area contributed by atoms with Crippen LogP contribution >= 0.6 is 0 Å². The van der Waals surface area contributed by atoms with Gasteiger partial charge in [-0.15, -0.1) is 0 Å². The zero-order valence-corrected chi connectivity index (χ0v) is 17.5. The molecule has 0 bridgehead atoms. The maximum absolute atomic E-state index is 12.3. The number of rotatable bonds is 9. The molecule has 0 fully saturated rings. The Bertz CT molecular complexity index is 1140. The summed E-state index contributed by atoms with van der Waals surface area (Å²) in [6.07, 6.45) is 4.79. The molecule has 2 aromatic heterocycles. The van der Waals surface area contributed by atoms with E-state index in [-0.39, 0.29) is 5.91 Å². The topological polar surface area (TPSA) is 67.7 Å². The normalized spacial score (nSPS) is 10.7. The molecule has 158 valence electrons. The highest BCUT2D eigenvalue weighted by atomic mass is 16.5. The first kappa shape index (κ1) is 20.5. The van der Waals surface area contributed by atoms with E-state index in [4.69, 9.17) is 4.74 Å². The lowest BCUT2D eigenvalue weighted by atomic mass is 10.2. The summed E-state index contributed by atoms with van der Waals surface area (Å²) in [6, 6.07) is 21.3. The van der Waals surface area contributed by atoms with E-state index in [2.05, 4.69) is 15.6 Å². The number of pyridine rings is 1. The highest BCUT2D eigenvalue weighted by molar-refractivity contribution is 5.94. The molecule has 0 spiro atoms. The highest BCUT2D eigenvalue weighted by Crippen LogP contribution is 2.16. The summed E-state index contributed by atoms with van der Waals surface area (Å²) in [4.78, 5) is 16.9. The Morgan fingerprint density at radius 2 is 1.81 bits per heavy atom. The minimum atomic E-state index is -0.0814. The molecule has 0 atom stereocenters. The SMILES string of the molecule is Cc1cccn2cc(COc3ccc(C(=O)NCCCNc4ccccc4)cc3)nc12. The van der Waals surface area contributed by atoms with Gasteiger partial charge in [0.25, 0.3) is 5.91 Å². The zero-order valence-electron chi connectivity index (χ0n) is 17.5. The van der Waals surface area contributed by atoms with Gasteiger partial charge in [0.15, 0.2) is 0 Å². The predicted molar refractivity (Wildman–Crippen MR) is 123 cm³/mol. The Balaban J connectivity index is 1.21. The van der Waals surface area contributed by atoms with Crippen LogP contribution in [-0.2, 0) is 6.61 Å². The smallest absolute Gasteiger partial charge is 0.251 e. The van der Waals surface area contributed by atoms with Crippen LogP contribution in [0.15, 0.2) is 79.1 Å². The van der Waals surface area contributed by atoms with Crippen LogP contribution in [0.2, 0.25) is 0 Å². The molecule has 0 aliphatic rings. The van der Waals surface area contributed by atoms with E-state index in [0.717, 1.165) is 35.6 Å². The van der Waals surface area contributed by atoms with Crippen molar-refractivity contribution in [3.8, 4) is 5.75 Å². The molecule has 0 saturated carbocycles. The van der Waals surface area contributed by atoms with E-state index in [1.54, 1.807) is 12.1 Å². The van der Waals surface area contributed by atoms with Crippen molar-refractivity contribution in [3.63, 3.8) is 0 Å². The molecule has 6 heteroatoms. The number of aryl methyl sites for hydroxylation is 1. The summed E-state index contributed by atoms with van der Waals surface area (Å²) in [6.45, 7) is 3.83. The molecular formula is C25H26N4O2. The molecule has 1 amide bonds. The Morgan fingerprint density at radius 1 is 1.00 bits per heavy atom. The highest BCUT2D eigenvalue weighted by Gasteiger charge is 2.07. The van der Waals surface area contributed by atoms with Crippen LogP contribution in [0, 0.1) is 6.92 Å². The summed E-state index contributed by atoms with van der Waals surface area (Å²) >= 11 is 0. The van der Waals surface area contributed by atoms with Crippen molar-refractivity contribution in [2.75, 3.05) is 18.4 Å². The van der Waals surface area contributed by atoms with Gasteiger partial charge in [0.1, 0.15) is 18.0 Å². The number of carbonyl (C=O) groups is 1. The fourth-order valence-corrected chi connectivity index (χ4v) is 3.31. The molecule has 4 aromatic rings. The molecule has 0 radical (unpaired) electrons. The van der Waals surface area contributed by atoms with E-state index in [1.807, 2.05) is 78.3 Å². The van der Waals surface area contributed by atoms with E-state index in [1.165, 1.54) is 0 Å². The molecule has 0 aliphatic heterocycles. The maximum atomic E-state index is 12.3. The van der Waals surface area contributed by atoms with Crippen molar-refractivity contribution < 1.29 is 9.53 Å².